The van der Waals surface area contributed by atoms with Crippen LogP contribution in [0.3, 0.4) is 0 Å². The Bertz CT molecular complexity index is 758. The molecular weight excluding hydrogens is 288 g/mol. The predicted octanol–water partition coefficient (Wildman–Crippen LogP) is 3.21. The van der Waals surface area contributed by atoms with Gasteiger partial charge in [0.25, 0.3) is 0 Å². The Labute approximate surface area is 135 Å². The second-order valence-corrected chi connectivity index (χ2v) is 6.33. The minimum atomic E-state index is 0.403. The summed E-state index contributed by atoms with van der Waals surface area (Å²) < 4.78 is 8.18. The standard InChI is InChI=1S/C18H22N4O/c1-14-19-8-10-22(14)12-11-21-9-4-5-15(13-21)18-20-16-6-2-3-7-17(16)23-18/h2-3,6-8,10,15H,4-5,9,11-13H2,1H3/t15-/m1/s1. The van der Waals surface area contributed by atoms with Crippen LogP contribution in [0.5, 0.6) is 0 Å². The van der Waals surface area contributed by atoms with Crippen molar-refractivity contribution in [2.45, 2.75) is 32.2 Å². The van der Waals surface area contributed by atoms with E-state index in [0.717, 1.165) is 55.4 Å². The highest BCUT2D eigenvalue weighted by atomic mass is 16.3. The van der Waals surface area contributed by atoms with Gasteiger partial charge in [-0.2, -0.15) is 0 Å². The van der Waals surface area contributed by atoms with Crippen molar-refractivity contribution in [2.75, 3.05) is 19.6 Å². The lowest BCUT2D eigenvalue weighted by atomic mass is 9.98. The third kappa shape index (κ3) is 3.01. The molecule has 2 aromatic heterocycles. The number of likely N-dealkylation sites (tertiary alicyclic amines) is 1. The summed E-state index contributed by atoms with van der Waals surface area (Å²) in [6.07, 6.45) is 6.28. The van der Waals surface area contributed by atoms with E-state index in [1.54, 1.807) is 0 Å². The molecule has 120 valence electrons. The van der Waals surface area contributed by atoms with Crippen LogP contribution in [-0.2, 0) is 6.54 Å². The Morgan fingerprint density at radius 3 is 3.00 bits per heavy atom. The Morgan fingerprint density at radius 2 is 2.17 bits per heavy atom. The number of rotatable bonds is 4. The van der Waals surface area contributed by atoms with Crippen LogP contribution in [0.2, 0.25) is 0 Å². The summed E-state index contributed by atoms with van der Waals surface area (Å²) >= 11 is 0. The van der Waals surface area contributed by atoms with E-state index in [0.29, 0.717) is 5.92 Å². The van der Waals surface area contributed by atoms with Gasteiger partial charge in [0.15, 0.2) is 11.5 Å². The van der Waals surface area contributed by atoms with E-state index in [1.807, 2.05) is 30.5 Å². The van der Waals surface area contributed by atoms with Crippen LogP contribution in [0.15, 0.2) is 41.1 Å². The number of aryl methyl sites for hydroxylation is 1. The molecule has 5 nitrogen and oxygen atoms in total. The highest BCUT2D eigenvalue weighted by Gasteiger charge is 2.25. The van der Waals surface area contributed by atoms with Crippen molar-refractivity contribution in [3.8, 4) is 0 Å². The molecule has 1 aliphatic rings. The fraction of sp³-hybridized carbons (Fsp3) is 0.444. The minimum absolute atomic E-state index is 0.403. The fourth-order valence-electron chi connectivity index (χ4n) is 3.41. The number of benzene rings is 1. The van der Waals surface area contributed by atoms with Crippen LogP contribution in [0, 0.1) is 6.92 Å². The maximum Gasteiger partial charge on any atom is 0.199 e. The summed E-state index contributed by atoms with van der Waals surface area (Å²) in [6.45, 7) is 6.28. The molecule has 1 aromatic carbocycles. The molecule has 1 aliphatic heterocycles. The van der Waals surface area contributed by atoms with Gasteiger partial charge in [-0.25, -0.2) is 9.97 Å². The molecule has 5 heteroatoms. The van der Waals surface area contributed by atoms with Crippen LogP contribution in [0.25, 0.3) is 11.1 Å². The number of piperidine rings is 1. The van der Waals surface area contributed by atoms with Gasteiger partial charge in [0, 0.05) is 37.9 Å². The number of oxazole rings is 1. The monoisotopic (exact) mass is 310 g/mol. The quantitative estimate of drug-likeness (QED) is 0.742. The van der Waals surface area contributed by atoms with Crippen LogP contribution in [0.1, 0.15) is 30.5 Å². The first-order valence-electron chi connectivity index (χ1n) is 8.35. The van der Waals surface area contributed by atoms with Gasteiger partial charge in [0.2, 0.25) is 0 Å². The molecule has 1 atom stereocenters. The van der Waals surface area contributed by atoms with Gasteiger partial charge in [-0.3, -0.25) is 0 Å². The van der Waals surface area contributed by atoms with Gasteiger partial charge >= 0.3 is 0 Å². The second-order valence-electron chi connectivity index (χ2n) is 6.33. The van der Waals surface area contributed by atoms with Crippen molar-refractivity contribution in [3.05, 3.63) is 48.4 Å². The number of hydrogen-bond acceptors (Lipinski definition) is 4. The van der Waals surface area contributed by atoms with Gasteiger partial charge in [0.1, 0.15) is 11.3 Å². The average molecular weight is 310 g/mol. The van der Waals surface area contributed by atoms with Crippen molar-refractivity contribution in [1.82, 2.24) is 19.4 Å². The second kappa shape index (κ2) is 6.16. The molecular formula is C18H22N4O. The highest BCUT2D eigenvalue weighted by molar-refractivity contribution is 5.72. The number of aromatic nitrogens is 3. The number of imidazole rings is 1. The van der Waals surface area contributed by atoms with E-state index >= 15 is 0 Å². The van der Waals surface area contributed by atoms with Gasteiger partial charge in [-0.1, -0.05) is 12.1 Å². The molecule has 0 aliphatic carbocycles. The Morgan fingerprint density at radius 1 is 1.26 bits per heavy atom. The van der Waals surface area contributed by atoms with E-state index in [4.69, 9.17) is 4.42 Å². The molecule has 0 amide bonds. The van der Waals surface area contributed by atoms with E-state index in [1.165, 1.54) is 6.42 Å². The third-order valence-electron chi connectivity index (χ3n) is 4.75. The molecule has 0 spiro atoms. The van der Waals surface area contributed by atoms with Crippen molar-refractivity contribution >= 4 is 11.1 Å². The molecule has 3 aromatic rings. The first-order valence-corrected chi connectivity index (χ1v) is 8.35. The summed E-state index contributed by atoms with van der Waals surface area (Å²) in [5, 5.41) is 0. The summed E-state index contributed by atoms with van der Waals surface area (Å²) in [6, 6.07) is 8.02. The van der Waals surface area contributed by atoms with Crippen LogP contribution >= 0.6 is 0 Å². The normalized spacial score (nSPS) is 19.4. The van der Waals surface area contributed by atoms with Crippen molar-refractivity contribution in [1.29, 1.82) is 0 Å². The van der Waals surface area contributed by atoms with E-state index in [9.17, 15) is 0 Å². The van der Waals surface area contributed by atoms with Crippen molar-refractivity contribution in [2.24, 2.45) is 0 Å². The molecule has 1 saturated heterocycles. The maximum atomic E-state index is 5.97. The zero-order valence-electron chi connectivity index (χ0n) is 13.5. The van der Waals surface area contributed by atoms with Crippen LogP contribution < -0.4 is 0 Å². The first kappa shape index (κ1) is 14.5. The zero-order valence-corrected chi connectivity index (χ0v) is 13.5. The average Bonchev–Trinajstić information content (AvgIpc) is 3.19. The molecule has 0 N–H and O–H groups in total. The smallest absolute Gasteiger partial charge is 0.199 e. The summed E-state index contributed by atoms with van der Waals surface area (Å²) in [5.41, 5.74) is 1.86. The predicted molar refractivity (Wildman–Crippen MR) is 89.4 cm³/mol. The first-order chi connectivity index (χ1) is 11.3. The van der Waals surface area contributed by atoms with E-state index < -0.39 is 0 Å². The summed E-state index contributed by atoms with van der Waals surface area (Å²) in [4.78, 5) is 11.5. The highest BCUT2D eigenvalue weighted by Crippen LogP contribution is 2.28. The van der Waals surface area contributed by atoms with Crippen molar-refractivity contribution in [3.63, 3.8) is 0 Å². The fourth-order valence-corrected chi connectivity index (χ4v) is 3.41. The number of fused-ring (bicyclic) bond motifs is 1. The largest absolute Gasteiger partial charge is 0.440 e. The molecule has 23 heavy (non-hydrogen) atoms. The topological polar surface area (TPSA) is 47.1 Å². The SMILES string of the molecule is Cc1nccn1CCN1CCC[C@@H](c2nc3ccccc3o2)C1. The molecule has 0 unspecified atom stereocenters. The molecule has 4 rings (SSSR count). The Kier molecular flexibility index (Phi) is 3.87. The number of hydrogen-bond donors (Lipinski definition) is 0. The molecule has 1 fully saturated rings. The Hall–Kier alpha value is -2.14. The lowest BCUT2D eigenvalue weighted by Crippen LogP contribution is -2.36. The van der Waals surface area contributed by atoms with Crippen LogP contribution in [-0.4, -0.2) is 39.1 Å². The lowest BCUT2D eigenvalue weighted by molar-refractivity contribution is 0.188. The van der Waals surface area contributed by atoms with E-state index in [2.05, 4.69) is 32.6 Å². The number of nitrogens with zero attached hydrogens (tertiary/aromatic N) is 4. The van der Waals surface area contributed by atoms with E-state index in [-0.39, 0.29) is 0 Å². The summed E-state index contributed by atoms with van der Waals surface area (Å²) in [5.74, 6) is 2.38. The Balaban J connectivity index is 1.43. The molecule has 0 bridgehead atoms. The molecule has 0 radical (unpaired) electrons. The number of para-hydroxylation sites is 2. The molecule has 0 saturated carbocycles. The van der Waals surface area contributed by atoms with Gasteiger partial charge in [0.05, 0.1) is 0 Å². The lowest BCUT2D eigenvalue weighted by Gasteiger charge is -2.31. The van der Waals surface area contributed by atoms with Crippen LogP contribution in [0.4, 0.5) is 0 Å². The maximum absolute atomic E-state index is 5.97. The van der Waals surface area contributed by atoms with Crippen molar-refractivity contribution < 1.29 is 4.42 Å². The summed E-state index contributed by atoms with van der Waals surface area (Å²) in [7, 11) is 0. The van der Waals surface area contributed by atoms with Gasteiger partial charge < -0.3 is 13.9 Å². The third-order valence-corrected chi connectivity index (χ3v) is 4.75. The zero-order chi connectivity index (χ0) is 15.6. The van der Waals surface area contributed by atoms with Gasteiger partial charge in [-0.15, -0.1) is 0 Å². The minimum Gasteiger partial charge on any atom is -0.440 e. The molecule has 3 heterocycles. The van der Waals surface area contributed by atoms with Gasteiger partial charge in [-0.05, 0) is 38.4 Å².